The van der Waals surface area contributed by atoms with Gasteiger partial charge in [-0.1, -0.05) is 30.7 Å². The van der Waals surface area contributed by atoms with E-state index in [4.69, 9.17) is 16.0 Å². The molecule has 3 heteroatoms. The minimum atomic E-state index is 0.421. The van der Waals surface area contributed by atoms with Crippen LogP contribution in [0.4, 0.5) is 0 Å². The Labute approximate surface area is 119 Å². The molecule has 102 valence electrons. The highest BCUT2D eigenvalue weighted by molar-refractivity contribution is 6.33. The van der Waals surface area contributed by atoms with Crippen LogP contribution in [-0.4, -0.2) is 12.6 Å². The van der Waals surface area contributed by atoms with Crippen LogP contribution in [0, 0.1) is 0 Å². The Bertz CT molecular complexity index is 521. The molecule has 0 aliphatic heterocycles. The molecule has 1 heterocycles. The highest BCUT2D eigenvalue weighted by Gasteiger charge is 2.10. The number of nitrogens with one attached hydrogen (secondary N) is 1. The average Bonchev–Trinajstić information content (AvgIpc) is 2.85. The van der Waals surface area contributed by atoms with Gasteiger partial charge in [0.25, 0.3) is 0 Å². The van der Waals surface area contributed by atoms with Gasteiger partial charge in [0, 0.05) is 18.0 Å². The van der Waals surface area contributed by atoms with Crippen molar-refractivity contribution in [3.8, 4) is 11.3 Å². The summed E-state index contributed by atoms with van der Waals surface area (Å²) in [6, 6.07) is 12.2. The van der Waals surface area contributed by atoms with Crippen LogP contribution in [0.2, 0.25) is 5.02 Å². The molecule has 0 saturated carbocycles. The van der Waals surface area contributed by atoms with Crippen LogP contribution in [0.1, 0.15) is 26.0 Å². The second-order valence-electron chi connectivity index (χ2n) is 4.81. The number of furan rings is 1. The van der Waals surface area contributed by atoms with E-state index < -0.39 is 0 Å². The van der Waals surface area contributed by atoms with Crippen molar-refractivity contribution in [2.45, 2.75) is 32.7 Å². The van der Waals surface area contributed by atoms with E-state index in [2.05, 4.69) is 19.2 Å². The summed E-state index contributed by atoms with van der Waals surface area (Å²) in [7, 11) is 0. The molecule has 0 aliphatic rings. The Kier molecular flexibility index (Phi) is 5.06. The molecule has 0 aliphatic carbocycles. The van der Waals surface area contributed by atoms with E-state index in [9.17, 15) is 0 Å². The molecule has 1 unspecified atom stereocenters. The second-order valence-corrected chi connectivity index (χ2v) is 5.21. The highest BCUT2D eigenvalue weighted by Crippen LogP contribution is 2.29. The Morgan fingerprint density at radius 3 is 2.74 bits per heavy atom. The lowest BCUT2D eigenvalue weighted by Crippen LogP contribution is -2.28. The molecule has 0 fully saturated rings. The van der Waals surface area contributed by atoms with Gasteiger partial charge < -0.3 is 9.73 Å². The average molecular weight is 278 g/mol. The van der Waals surface area contributed by atoms with E-state index in [0.717, 1.165) is 41.5 Å². The van der Waals surface area contributed by atoms with Crippen LogP contribution in [-0.2, 0) is 6.42 Å². The number of hydrogen-bond acceptors (Lipinski definition) is 2. The van der Waals surface area contributed by atoms with Crippen molar-refractivity contribution in [1.82, 2.24) is 5.32 Å². The first-order valence-electron chi connectivity index (χ1n) is 6.77. The van der Waals surface area contributed by atoms with Gasteiger partial charge in [0.2, 0.25) is 0 Å². The summed E-state index contributed by atoms with van der Waals surface area (Å²) in [5.41, 5.74) is 0.949. The lowest BCUT2D eigenvalue weighted by molar-refractivity contribution is 0.464. The quantitative estimate of drug-likeness (QED) is 0.839. The van der Waals surface area contributed by atoms with Crippen molar-refractivity contribution < 1.29 is 4.42 Å². The normalized spacial score (nSPS) is 12.6. The summed E-state index contributed by atoms with van der Waals surface area (Å²) in [4.78, 5) is 0. The van der Waals surface area contributed by atoms with Gasteiger partial charge in [-0.05, 0) is 44.2 Å². The number of halogens is 1. The molecule has 0 saturated heterocycles. The Hall–Kier alpha value is -1.25. The number of hydrogen-bond donors (Lipinski definition) is 1. The van der Waals surface area contributed by atoms with Crippen LogP contribution < -0.4 is 5.32 Å². The van der Waals surface area contributed by atoms with Gasteiger partial charge in [-0.15, -0.1) is 0 Å². The van der Waals surface area contributed by atoms with E-state index in [1.54, 1.807) is 0 Å². The molecule has 0 bridgehead atoms. The van der Waals surface area contributed by atoms with Gasteiger partial charge in [-0.25, -0.2) is 0 Å². The maximum atomic E-state index is 6.17. The van der Waals surface area contributed by atoms with Gasteiger partial charge in [0.05, 0.1) is 5.02 Å². The topological polar surface area (TPSA) is 25.2 Å². The SMILES string of the molecule is CCCNC(C)Cc1ccc(-c2ccccc2Cl)o1. The van der Waals surface area contributed by atoms with Gasteiger partial charge in [-0.3, -0.25) is 0 Å². The van der Waals surface area contributed by atoms with Crippen molar-refractivity contribution in [2.24, 2.45) is 0 Å². The number of benzene rings is 1. The maximum Gasteiger partial charge on any atom is 0.135 e. The van der Waals surface area contributed by atoms with Gasteiger partial charge in [0.15, 0.2) is 0 Å². The second kappa shape index (κ2) is 6.78. The monoisotopic (exact) mass is 277 g/mol. The lowest BCUT2D eigenvalue weighted by Gasteiger charge is -2.11. The molecule has 1 aromatic carbocycles. The Balaban J connectivity index is 2.05. The summed E-state index contributed by atoms with van der Waals surface area (Å²) in [6.45, 7) is 5.38. The van der Waals surface area contributed by atoms with Crippen molar-refractivity contribution in [3.63, 3.8) is 0 Å². The van der Waals surface area contributed by atoms with E-state index in [1.165, 1.54) is 0 Å². The number of rotatable bonds is 6. The van der Waals surface area contributed by atoms with Crippen LogP contribution in [0.5, 0.6) is 0 Å². The molecule has 19 heavy (non-hydrogen) atoms. The fourth-order valence-corrected chi connectivity index (χ4v) is 2.29. The van der Waals surface area contributed by atoms with Crippen LogP contribution >= 0.6 is 11.6 Å². The van der Waals surface area contributed by atoms with Crippen molar-refractivity contribution in [1.29, 1.82) is 0 Å². The van der Waals surface area contributed by atoms with Gasteiger partial charge in [0.1, 0.15) is 11.5 Å². The fourth-order valence-electron chi connectivity index (χ4n) is 2.06. The summed E-state index contributed by atoms with van der Waals surface area (Å²) in [6.07, 6.45) is 2.04. The minimum absolute atomic E-state index is 0.421. The van der Waals surface area contributed by atoms with E-state index in [-0.39, 0.29) is 0 Å². The summed E-state index contributed by atoms with van der Waals surface area (Å²) in [5.74, 6) is 1.83. The predicted octanol–water partition coefficient (Wildman–Crippen LogP) is 4.53. The summed E-state index contributed by atoms with van der Waals surface area (Å²) in [5, 5.41) is 4.18. The van der Waals surface area contributed by atoms with Crippen molar-refractivity contribution in [2.75, 3.05) is 6.54 Å². The molecule has 2 rings (SSSR count). The standard InChI is InChI=1S/C16H20ClNO/c1-3-10-18-12(2)11-13-8-9-16(19-13)14-6-4-5-7-15(14)17/h4-9,12,18H,3,10-11H2,1-2H3. The molecule has 0 spiro atoms. The summed E-state index contributed by atoms with van der Waals surface area (Å²) < 4.78 is 5.88. The zero-order valence-electron chi connectivity index (χ0n) is 11.4. The molecule has 1 aromatic heterocycles. The maximum absolute atomic E-state index is 6.17. The van der Waals surface area contributed by atoms with E-state index in [1.807, 2.05) is 36.4 Å². The molecule has 0 amide bonds. The van der Waals surface area contributed by atoms with Crippen LogP contribution in [0.15, 0.2) is 40.8 Å². The Morgan fingerprint density at radius 2 is 2.00 bits per heavy atom. The molecular weight excluding hydrogens is 258 g/mol. The first-order valence-corrected chi connectivity index (χ1v) is 7.15. The fraction of sp³-hybridized carbons (Fsp3) is 0.375. The van der Waals surface area contributed by atoms with Gasteiger partial charge in [-0.2, -0.15) is 0 Å². The largest absolute Gasteiger partial charge is 0.461 e. The molecule has 2 aromatic rings. The van der Waals surface area contributed by atoms with E-state index in [0.29, 0.717) is 6.04 Å². The third-order valence-electron chi connectivity index (χ3n) is 3.05. The molecule has 1 atom stereocenters. The molecule has 1 N–H and O–H groups in total. The van der Waals surface area contributed by atoms with Crippen molar-refractivity contribution in [3.05, 3.63) is 47.2 Å². The van der Waals surface area contributed by atoms with Gasteiger partial charge >= 0.3 is 0 Å². The lowest BCUT2D eigenvalue weighted by atomic mass is 10.2. The third-order valence-corrected chi connectivity index (χ3v) is 3.38. The summed E-state index contributed by atoms with van der Waals surface area (Å²) >= 11 is 6.17. The zero-order chi connectivity index (χ0) is 13.7. The molecular formula is C16H20ClNO. The molecule has 0 radical (unpaired) electrons. The Morgan fingerprint density at radius 1 is 1.21 bits per heavy atom. The third kappa shape index (κ3) is 3.85. The molecule has 2 nitrogen and oxygen atoms in total. The highest BCUT2D eigenvalue weighted by atomic mass is 35.5. The first kappa shape index (κ1) is 14.2. The van der Waals surface area contributed by atoms with Crippen molar-refractivity contribution >= 4 is 11.6 Å². The smallest absolute Gasteiger partial charge is 0.135 e. The zero-order valence-corrected chi connectivity index (χ0v) is 12.2. The van der Waals surface area contributed by atoms with Crippen LogP contribution in [0.25, 0.3) is 11.3 Å². The predicted molar refractivity (Wildman–Crippen MR) is 80.6 cm³/mol. The first-order chi connectivity index (χ1) is 9.20. The minimum Gasteiger partial charge on any atom is -0.461 e. The van der Waals surface area contributed by atoms with E-state index >= 15 is 0 Å². The van der Waals surface area contributed by atoms with Crippen LogP contribution in [0.3, 0.4) is 0 Å².